The summed E-state index contributed by atoms with van der Waals surface area (Å²) in [5.74, 6) is -10.6. The van der Waals surface area contributed by atoms with Gasteiger partial charge >= 0.3 is 78.3 Å². The van der Waals surface area contributed by atoms with E-state index >= 15 is 0 Å². The zero-order chi connectivity index (χ0) is 111. The molecule has 832 valence electrons. The molecule has 141 heavy (non-hydrogen) atoms. The van der Waals surface area contributed by atoms with Crippen molar-refractivity contribution >= 4 is 72.4 Å². The minimum absolute atomic E-state index is 0.00363. The highest BCUT2D eigenvalue weighted by Crippen LogP contribution is 2.53. The molecule has 0 aromatic heterocycles. The van der Waals surface area contributed by atoms with E-state index in [0.29, 0.717) is 53.9 Å². The van der Waals surface area contributed by atoms with E-state index in [2.05, 4.69) is 65.2 Å². The lowest BCUT2D eigenvalue weighted by molar-refractivity contribution is -0.154. The number of carbonyl (C=O) groups excluding carboxylic acids is 12. The van der Waals surface area contributed by atoms with Crippen LogP contribution in [-0.2, 0) is 85.6 Å². The molecule has 0 radical (unpaired) electrons. The lowest BCUT2D eigenvalue weighted by Crippen LogP contribution is -2.38. The van der Waals surface area contributed by atoms with E-state index in [1.54, 1.807) is 112 Å². The third-order valence-electron chi connectivity index (χ3n) is 23.0. The van der Waals surface area contributed by atoms with E-state index in [4.69, 9.17) is 23.4 Å². The van der Waals surface area contributed by atoms with Crippen LogP contribution in [0.2, 0.25) is 0 Å². The summed E-state index contributed by atoms with van der Waals surface area (Å²) in [4.78, 5) is 131. The predicted octanol–water partition coefficient (Wildman–Crippen LogP) is 24.1. The maximum Gasteiger partial charge on any atom is 0.412 e. The number of nitrogens with one attached hydrogen (secondary N) is 6. The van der Waals surface area contributed by atoms with Crippen LogP contribution in [0.4, 0.5) is 90.6 Å². The third-order valence-corrected chi connectivity index (χ3v) is 23.0. The van der Waals surface area contributed by atoms with Gasteiger partial charge in [-0.1, -0.05) is 112 Å². The Morgan fingerprint density at radius 2 is 0.504 bits per heavy atom. The normalized spacial score (nSPS) is 16.7. The Labute approximate surface area is 827 Å². The van der Waals surface area contributed by atoms with Gasteiger partial charge in [-0.15, -0.1) is 0 Å². The van der Waals surface area contributed by atoms with E-state index in [1.165, 1.54) is 117 Å². The molecule has 6 N–H and O–H groups in total. The molecule has 7 aliphatic rings. The van der Waals surface area contributed by atoms with Gasteiger partial charge in [-0.05, 0) is 209 Å². The molecular formula is C97H172F14N6O24. The molecule has 7 rings (SSSR count). The number of alkyl halides is 10. The number of alkyl carbamates (subject to hydrolysis) is 6. The lowest BCUT2D eigenvalue weighted by Gasteiger charge is -2.49. The highest BCUT2D eigenvalue weighted by atomic mass is 20.0. The zero-order valence-electron chi connectivity index (χ0n) is 89.3. The second-order valence-corrected chi connectivity index (χ2v) is 38.9. The quantitative estimate of drug-likeness (QED) is 0.0117. The molecule has 6 bridgehead atoms. The molecule has 0 aromatic rings. The van der Waals surface area contributed by atoms with Crippen molar-refractivity contribution < 1.29 is 176 Å². The molecule has 0 spiro atoms. The van der Waals surface area contributed by atoms with Crippen LogP contribution in [0.3, 0.4) is 0 Å². The lowest BCUT2D eigenvalue weighted by atomic mass is 9.56. The first-order valence-corrected chi connectivity index (χ1v) is 47.4. The van der Waals surface area contributed by atoms with Gasteiger partial charge in [0.1, 0.15) is 26.4 Å². The van der Waals surface area contributed by atoms with Gasteiger partial charge in [-0.3, -0.25) is 28.8 Å². The Hall–Kier alpha value is -9.06. The molecule has 6 amide bonds. The number of rotatable bonds is 33. The number of hydrogen-bond acceptors (Lipinski definition) is 24. The SMILES string of the molecule is C1C2CC3CC1CC(C2)C3.C1CC2CCC1C2.C1CCCCC1.C=C(OC(=O)NCCOC(=O)C(C)(C)CC)C(C)(F)F.CCC(C)(C)C(=O)OC.CCC(C)(C)C(=O)OC.CCC(C)(C)C(=O)OC.CCC(C)(C)C(=O)OCCNC(=O)OCC(C)(F)F.CCC(C)(C)C(=O)OCCNC(=O)OCC(C)=C(F)F.CNC(=O)OCC(C)(F)F.CNC(=O)OCC(C)(F)F.CNC(=O)OCC(C)(F)F.FF. The molecule has 30 nitrogen and oxygen atoms in total. The van der Waals surface area contributed by atoms with E-state index in [0.717, 1.165) is 26.2 Å². The second kappa shape index (κ2) is 74.8. The van der Waals surface area contributed by atoms with E-state index in [1.807, 2.05) is 99.0 Å². The topological polar surface area (TPSA) is 388 Å². The van der Waals surface area contributed by atoms with Crippen molar-refractivity contribution in [2.45, 2.75) is 343 Å². The fourth-order valence-electron chi connectivity index (χ4n) is 11.9. The number of fused-ring (bicyclic) bond motifs is 2. The minimum Gasteiger partial charge on any atom is -0.469 e. The second-order valence-electron chi connectivity index (χ2n) is 38.9. The van der Waals surface area contributed by atoms with Gasteiger partial charge in [0, 0.05) is 70.5 Å². The molecule has 0 aromatic carbocycles. The van der Waals surface area contributed by atoms with Gasteiger partial charge in [0.15, 0.2) is 32.2 Å². The average Bonchev–Trinajstić information content (AvgIpc) is 1.66. The standard InChI is InChI=1S/2C13H21F2NO4.C12H21F2NO4.C10H16.3C7H14O2.C7H12.C6H12.3C5H9F2NO2.F2/c1-6-12(3,4)10(17)19-8-7-16-11(18)20-9(2)13(5,14)15;1-5-13(3,4)11(17)19-7-6-16-12(18)20-8-9(2)10(14)15;1-5-11(2,3)9(16)18-7-6-15-10(17)19-8-12(4,13)14;1-7-2-9-4-8(1)5-10(3-7)6-9;3*1-5-7(2,3)6(8)9-4;1-2-7-4-3-6(1)5-7;1-2-4-6-5-3-1;3*1-5(6,7)3-10-4(9)8-2;1-2/h2,6-8H2,1,3-5H3,(H,16,18);5-8H2,1-4H3,(H,16,18);5-8H2,1-4H3,(H,15,17);7-10H,1-6H2;3*5H2,1-4H3;6-7H,1-5H2;1-6H2;3*3H2,1-2H3,(H,8,9);. The number of ether oxygens (including phenoxy) is 12. The number of methoxy groups -OCH3 is 3. The molecule has 7 saturated carbocycles. The predicted molar refractivity (Wildman–Crippen MR) is 507 cm³/mol. The maximum atomic E-state index is 12.7. The van der Waals surface area contributed by atoms with Gasteiger partial charge in [-0.2, -0.15) is 17.6 Å². The van der Waals surface area contributed by atoms with Gasteiger partial charge in [0.2, 0.25) is 0 Å². The highest BCUT2D eigenvalue weighted by Gasteiger charge is 2.42. The molecule has 0 heterocycles. The Morgan fingerprint density at radius 3 is 0.674 bits per heavy atom. The van der Waals surface area contributed by atoms with Crippen LogP contribution in [0.15, 0.2) is 24.0 Å². The molecule has 0 atom stereocenters. The third kappa shape index (κ3) is 80.0. The fourth-order valence-corrected chi connectivity index (χ4v) is 11.9. The Kier molecular flexibility index (Phi) is 76.9. The Bertz CT molecular complexity index is 3340. The van der Waals surface area contributed by atoms with Crippen molar-refractivity contribution in [1.82, 2.24) is 31.9 Å². The van der Waals surface area contributed by atoms with Crippen molar-refractivity contribution in [2.24, 2.45) is 68.0 Å². The van der Waals surface area contributed by atoms with E-state index in [-0.39, 0.29) is 97.1 Å². The van der Waals surface area contributed by atoms with E-state index < -0.39 is 127 Å². The van der Waals surface area contributed by atoms with Crippen molar-refractivity contribution in [3.8, 4) is 0 Å². The summed E-state index contributed by atoms with van der Waals surface area (Å²) in [7, 11) is 8.15. The largest absolute Gasteiger partial charge is 0.469 e. The minimum atomic E-state index is -3.30. The number of carbonyl (C=O) groups is 12. The van der Waals surface area contributed by atoms with Crippen molar-refractivity contribution in [2.75, 3.05) is 115 Å². The van der Waals surface area contributed by atoms with Crippen LogP contribution >= 0.6 is 0 Å². The van der Waals surface area contributed by atoms with Crippen LogP contribution in [-0.4, -0.2) is 217 Å². The van der Waals surface area contributed by atoms with Crippen molar-refractivity contribution in [3.05, 3.63) is 24.0 Å². The number of halogens is 14. The number of allylic oxidation sites excluding steroid dienone is 1. The molecule has 44 heteroatoms. The molecule has 0 saturated heterocycles. The first-order valence-electron chi connectivity index (χ1n) is 47.4. The number of amides is 6. The molecule has 0 aliphatic heterocycles. The summed E-state index contributed by atoms with van der Waals surface area (Å²) in [6.07, 6.45) is 23.5. The molecule has 7 aliphatic carbocycles. The molecule has 7 fully saturated rings. The van der Waals surface area contributed by atoms with Crippen LogP contribution in [0, 0.1) is 68.0 Å². The summed E-state index contributed by atoms with van der Waals surface area (Å²) in [5.41, 5.74) is -2.99. The summed E-state index contributed by atoms with van der Waals surface area (Å²) in [5, 5.41) is 12.8. The molecular weight excluding hydrogens is 1900 g/mol. The average molecular weight is 2070 g/mol. The van der Waals surface area contributed by atoms with Gasteiger partial charge in [0.25, 0.3) is 29.8 Å². The van der Waals surface area contributed by atoms with Crippen LogP contribution < -0.4 is 31.9 Å². The van der Waals surface area contributed by atoms with Crippen molar-refractivity contribution in [3.63, 3.8) is 0 Å². The van der Waals surface area contributed by atoms with Crippen LogP contribution in [0.25, 0.3) is 0 Å². The summed E-state index contributed by atoms with van der Waals surface area (Å²) < 4.78 is 215. The van der Waals surface area contributed by atoms with Crippen molar-refractivity contribution in [1.29, 1.82) is 0 Å². The van der Waals surface area contributed by atoms with Crippen LogP contribution in [0.5, 0.6) is 0 Å². The van der Waals surface area contributed by atoms with Gasteiger partial charge < -0.3 is 88.7 Å². The van der Waals surface area contributed by atoms with Gasteiger partial charge in [0.05, 0.1) is 73.5 Å². The summed E-state index contributed by atoms with van der Waals surface area (Å²) in [6.45, 7) is 36.4. The first kappa shape index (κ1) is 145. The Balaban J connectivity index is -0.000000282. The summed E-state index contributed by atoms with van der Waals surface area (Å²) in [6, 6.07) is 0. The number of esters is 6. The molecule has 0 unspecified atom stereocenters. The van der Waals surface area contributed by atoms with Crippen LogP contribution in [0.1, 0.15) is 314 Å². The zero-order valence-corrected chi connectivity index (χ0v) is 89.3. The maximum absolute atomic E-state index is 12.7. The fraction of sp³-hybridized carbons (Fsp3) is 0.835. The Morgan fingerprint density at radius 1 is 0.305 bits per heavy atom. The van der Waals surface area contributed by atoms with E-state index in [9.17, 15) is 110 Å². The first-order chi connectivity index (χ1) is 64.6. The number of hydrogen-bond donors (Lipinski definition) is 6. The van der Waals surface area contributed by atoms with Gasteiger partial charge in [-0.25, -0.2) is 63.9 Å². The summed E-state index contributed by atoms with van der Waals surface area (Å²) >= 11 is 0. The monoisotopic (exact) mass is 2070 g/mol. The highest BCUT2D eigenvalue weighted by molar-refractivity contribution is 5.78. The smallest absolute Gasteiger partial charge is 0.412 e.